The van der Waals surface area contributed by atoms with Crippen LogP contribution in [0.4, 0.5) is 0 Å². The molecule has 3 rings (SSSR count). The second-order valence-electron chi connectivity index (χ2n) is 6.53. The predicted molar refractivity (Wildman–Crippen MR) is 95.8 cm³/mol. The molecule has 26 heavy (non-hydrogen) atoms. The van der Waals surface area contributed by atoms with Crippen molar-refractivity contribution in [3.8, 4) is 17.1 Å². The van der Waals surface area contributed by atoms with Crippen molar-refractivity contribution in [3.05, 3.63) is 30.2 Å². The summed E-state index contributed by atoms with van der Waals surface area (Å²) in [5.74, 6) is 1.88. The predicted octanol–water partition coefficient (Wildman–Crippen LogP) is 2.70. The van der Waals surface area contributed by atoms with Crippen LogP contribution in [-0.4, -0.2) is 52.9 Å². The van der Waals surface area contributed by atoms with Crippen LogP contribution in [-0.2, 0) is 16.0 Å². The van der Waals surface area contributed by atoms with Gasteiger partial charge in [0.2, 0.25) is 17.6 Å². The largest absolute Gasteiger partial charge is 0.494 e. The van der Waals surface area contributed by atoms with E-state index in [4.69, 9.17) is 14.0 Å². The van der Waals surface area contributed by atoms with E-state index in [0.717, 1.165) is 11.3 Å². The van der Waals surface area contributed by atoms with Crippen molar-refractivity contribution in [2.75, 3.05) is 19.7 Å². The highest BCUT2D eigenvalue weighted by Crippen LogP contribution is 2.20. The van der Waals surface area contributed by atoms with E-state index >= 15 is 0 Å². The Hall–Kier alpha value is -2.41. The average Bonchev–Trinajstić information content (AvgIpc) is 3.09. The quantitative estimate of drug-likeness (QED) is 0.789. The molecule has 2 heterocycles. The molecule has 0 N–H and O–H groups in total. The smallest absolute Gasteiger partial charge is 0.227 e. The van der Waals surface area contributed by atoms with E-state index < -0.39 is 0 Å². The molecule has 2 atom stereocenters. The van der Waals surface area contributed by atoms with Gasteiger partial charge in [0.15, 0.2) is 0 Å². The van der Waals surface area contributed by atoms with Gasteiger partial charge in [-0.3, -0.25) is 4.79 Å². The number of rotatable bonds is 6. The maximum Gasteiger partial charge on any atom is 0.227 e. The maximum absolute atomic E-state index is 12.4. The first kappa shape index (κ1) is 18.4. The Morgan fingerprint density at radius 3 is 2.58 bits per heavy atom. The Morgan fingerprint density at radius 1 is 1.23 bits per heavy atom. The van der Waals surface area contributed by atoms with Gasteiger partial charge in [0.05, 0.1) is 18.8 Å². The Labute approximate surface area is 153 Å². The Balaban J connectivity index is 1.55. The molecule has 2 unspecified atom stereocenters. The summed E-state index contributed by atoms with van der Waals surface area (Å²) in [4.78, 5) is 18.6. The number of carbonyl (C=O) groups is 1. The van der Waals surface area contributed by atoms with Gasteiger partial charge in [-0.1, -0.05) is 5.16 Å². The molecular weight excluding hydrogens is 334 g/mol. The first-order valence-corrected chi connectivity index (χ1v) is 9.04. The van der Waals surface area contributed by atoms with Gasteiger partial charge in [-0.25, -0.2) is 0 Å². The summed E-state index contributed by atoms with van der Waals surface area (Å²) in [6.07, 6.45) is 0.919. The molecule has 0 bridgehead atoms. The zero-order valence-electron chi connectivity index (χ0n) is 15.5. The van der Waals surface area contributed by atoms with Crippen molar-refractivity contribution in [2.24, 2.45) is 0 Å². The lowest BCUT2D eigenvalue weighted by atomic mass is 10.2. The van der Waals surface area contributed by atoms with Crippen molar-refractivity contribution in [2.45, 2.75) is 45.8 Å². The standard InChI is InChI=1S/C19H25N3O4/c1-4-24-16-7-5-15(6-8-16)19-20-17(26-21-19)9-10-18(23)22-11-13(2)25-14(3)12-22/h5-8,13-14H,4,9-12H2,1-3H3. The maximum atomic E-state index is 12.4. The lowest BCUT2D eigenvalue weighted by molar-refractivity contribution is -0.143. The van der Waals surface area contributed by atoms with Crippen LogP contribution in [0.5, 0.6) is 5.75 Å². The average molecular weight is 359 g/mol. The number of amides is 1. The lowest BCUT2D eigenvalue weighted by Crippen LogP contribution is -2.48. The minimum absolute atomic E-state index is 0.0670. The molecule has 1 amide bonds. The third-order valence-electron chi connectivity index (χ3n) is 4.22. The second-order valence-corrected chi connectivity index (χ2v) is 6.53. The summed E-state index contributed by atoms with van der Waals surface area (Å²) in [5, 5.41) is 4.00. The molecule has 0 radical (unpaired) electrons. The number of hydrogen-bond donors (Lipinski definition) is 0. The monoisotopic (exact) mass is 359 g/mol. The molecule has 2 aromatic rings. The fraction of sp³-hybridized carbons (Fsp3) is 0.526. The van der Waals surface area contributed by atoms with Crippen molar-refractivity contribution < 1.29 is 18.8 Å². The summed E-state index contributed by atoms with van der Waals surface area (Å²) in [6, 6.07) is 7.53. The van der Waals surface area contributed by atoms with Crippen LogP contribution < -0.4 is 4.74 Å². The van der Waals surface area contributed by atoms with E-state index in [1.165, 1.54) is 0 Å². The number of carbonyl (C=O) groups excluding carboxylic acids is 1. The van der Waals surface area contributed by atoms with E-state index in [1.807, 2.05) is 49.9 Å². The van der Waals surface area contributed by atoms with E-state index in [2.05, 4.69) is 10.1 Å². The molecule has 1 saturated heterocycles. The van der Waals surface area contributed by atoms with E-state index in [9.17, 15) is 4.79 Å². The molecule has 1 fully saturated rings. The summed E-state index contributed by atoms with van der Waals surface area (Å²) < 4.78 is 16.4. The molecule has 0 aliphatic carbocycles. The van der Waals surface area contributed by atoms with Gasteiger partial charge in [-0.15, -0.1) is 0 Å². The number of nitrogens with zero attached hydrogens (tertiary/aromatic N) is 3. The van der Waals surface area contributed by atoms with Gasteiger partial charge in [-0.2, -0.15) is 4.98 Å². The molecule has 1 aromatic carbocycles. The lowest BCUT2D eigenvalue weighted by Gasteiger charge is -2.35. The number of morpholine rings is 1. The van der Waals surface area contributed by atoms with Crippen LogP contribution in [0.2, 0.25) is 0 Å². The molecule has 1 aliphatic rings. The SMILES string of the molecule is CCOc1ccc(-c2noc(CCC(=O)N3CC(C)OC(C)C3)n2)cc1. The second kappa shape index (κ2) is 8.31. The van der Waals surface area contributed by atoms with Gasteiger partial charge in [0.25, 0.3) is 0 Å². The van der Waals surface area contributed by atoms with Crippen molar-refractivity contribution in [3.63, 3.8) is 0 Å². The zero-order chi connectivity index (χ0) is 18.5. The summed E-state index contributed by atoms with van der Waals surface area (Å²) in [7, 11) is 0. The normalized spacial score (nSPS) is 20.2. The number of ether oxygens (including phenoxy) is 2. The Bertz CT molecular complexity index is 719. The minimum Gasteiger partial charge on any atom is -0.494 e. The molecule has 140 valence electrons. The van der Waals surface area contributed by atoms with Crippen LogP contribution in [0, 0.1) is 0 Å². The summed E-state index contributed by atoms with van der Waals surface area (Å²) in [6.45, 7) is 7.79. The van der Waals surface area contributed by atoms with Crippen LogP contribution in [0.3, 0.4) is 0 Å². The van der Waals surface area contributed by atoms with Gasteiger partial charge >= 0.3 is 0 Å². The Kier molecular flexibility index (Phi) is 5.88. The highest BCUT2D eigenvalue weighted by Gasteiger charge is 2.25. The first-order chi connectivity index (χ1) is 12.5. The van der Waals surface area contributed by atoms with Gasteiger partial charge in [0.1, 0.15) is 5.75 Å². The fourth-order valence-electron chi connectivity index (χ4n) is 3.09. The number of aryl methyl sites for hydroxylation is 1. The van der Waals surface area contributed by atoms with Gasteiger partial charge in [-0.05, 0) is 45.0 Å². The fourth-order valence-corrected chi connectivity index (χ4v) is 3.09. The molecule has 0 saturated carbocycles. The van der Waals surface area contributed by atoms with Crippen molar-refractivity contribution >= 4 is 5.91 Å². The van der Waals surface area contributed by atoms with Gasteiger partial charge < -0.3 is 18.9 Å². The van der Waals surface area contributed by atoms with Crippen molar-refractivity contribution in [1.29, 1.82) is 0 Å². The first-order valence-electron chi connectivity index (χ1n) is 9.04. The minimum atomic E-state index is 0.0670. The highest BCUT2D eigenvalue weighted by molar-refractivity contribution is 5.76. The van der Waals surface area contributed by atoms with Crippen LogP contribution in [0.25, 0.3) is 11.4 Å². The van der Waals surface area contributed by atoms with Gasteiger partial charge in [0, 0.05) is 31.5 Å². The number of hydrogen-bond acceptors (Lipinski definition) is 6. The Morgan fingerprint density at radius 2 is 1.92 bits per heavy atom. The zero-order valence-corrected chi connectivity index (χ0v) is 15.5. The van der Waals surface area contributed by atoms with Crippen molar-refractivity contribution in [1.82, 2.24) is 15.0 Å². The number of aromatic nitrogens is 2. The van der Waals surface area contributed by atoms with E-state index in [1.54, 1.807) is 0 Å². The molecule has 1 aromatic heterocycles. The molecule has 7 heteroatoms. The molecule has 1 aliphatic heterocycles. The van der Waals surface area contributed by atoms with Crippen LogP contribution >= 0.6 is 0 Å². The van der Waals surface area contributed by atoms with E-state index in [-0.39, 0.29) is 18.1 Å². The topological polar surface area (TPSA) is 77.7 Å². The highest BCUT2D eigenvalue weighted by atomic mass is 16.5. The third kappa shape index (κ3) is 4.60. The van der Waals surface area contributed by atoms with Crippen LogP contribution in [0.1, 0.15) is 33.1 Å². The number of benzene rings is 1. The van der Waals surface area contributed by atoms with E-state index in [0.29, 0.717) is 44.3 Å². The molecule has 0 spiro atoms. The molecular formula is C19H25N3O4. The third-order valence-corrected chi connectivity index (χ3v) is 4.22. The van der Waals surface area contributed by atoms with Crippen LogP contribution in [0.15, 0.2) is 28.8 Å². The summed E-state index contributed by atoms with van der Waals surface area (Å²) >= 11 is 0. The molecule has 7 nitrogen and oxygen atoms in total. The summed E-state index contributed by atoms with van der Waals surface area (Å²) in [5.41, 5.74) is 0.852.